The average molecular weight is 277 g/mol. The Hall–Kier alpha value is -1.84. The number of benzene rings is 2. The van der Waals surface area contributed by atoms with Gasteiger partial charge in [-0.25, -0.2) is 4.79 Å². The first-order valence-electron chi connectivity index (χ1n) is 5.80. The summed E-state index contributed by atoms with van der Waals surface area (Å²) in [6, 6.07) is 16.0. The van der Waals surface area contributed by atoms with E-state index in [0.29, 0.717) is 10.6 Å². The van der Waals surface area contributed by atoms with Gasteiger partial charge in [0.2, 0.25) is 0 Å². The molecule has 3 nitrogen and oxygen atoms in total. The molecule has 0 aliphatic carbocycles. The maximum Gasteiger partial charge on any atom is 0.337 e. The van der Waals surface area contributed by atoms with Crippen LogP contribution in [0.1, 0.15) is 17.2 Å². The fraction of sp³-hybridized carbons (Fsp3) is 0.133. The van der Waals surface area contributed by atoms with Gasteiger partial charge in [0.25, 0.3) is 0 Å². The SMILES string of the molecule is O=C(O)[C@H](OCc1ccc(Cl)cc1)c1ccccc1. The van der Waals surface area contributed by atoms with E-state index in [9.17, 15) is 9.90 Å². The van der Waals surface area contributed by atoms with Crippen LogP contribution < -0.4 is 0 Å². The lowest BCUT2D eigenvalue weighted by molar-refractivity contribution is -0.151. The van der Waals surface area contributed by atoms with E-state index in [1.807, 2.05) is 18.2 Å². The normalized spacial score (nSPS) is 12.1. The number of carboxylic acids is 1. The van der Waals surface area contributed by atoms with Crippen molar-refractivity contribution in [1.29, 1.82) is 0 Å². The highest BCUT2D eigenvalue weighted by Crippen LogP contribution is 2.20. The zero-order valence-corrected chi connectivity index (χ0v) is 10.9. The lowest BCUT2D eigenvalue weighted by Gasteiger charge is -2.14. The maximum absolute atomic E-state index is 11.2. The van der Waals surface area contributed by atoms with Gasteiger partial charge in [-0.1, -0.05) is 54.1 Å². The number of hydrogen-bond donors (Lipinski definition) is 1. The third kappa shape index (κ3) is 3.81. The van der Waals surface area contributed by atoms with Crippen molar-refractivity contribution < 1.29 is 14.6 Å². The van der Waals surface area contributed by atoms with Crippen LogP contribution in [0.5, 0.6) is 0 Å². The van der Waals surface area contributed by atoms with Gasteiger partial charge in [-0.15, -0.1) is 0 Å². The monoisotopic (exact) mass is 276 g/mol. The largest absolute Gasteiger partial charge is 0.479 e. The van der Waals surface area contributed by atoms with E-state index in [0.717, 1.165) is 5.56 Å². The minimum absolute atomic E-state index is 0.225. The molecule has 0 radical (unpaired) electrons. The Balaban J connectivity index is 2.06. The molecule has 0 saturated carbocycles. The summed E-state index contributed by atoms with van der Waals surface area (Å²) in [6.45, 7) is 0.225. The number of ether oxygens (including phenoxy) is 1. The number of hydrogen-bond acceptors (Lipinski definition) is 2. The number of carboxylic acid groups (broad SMARTS) is 1. The molecule has 19 heavy (non-hydrogen) atoms. The van der Waals surface area contributed by atoms with Crippen LogP contribution in [0.2, 0.25) is 5.02 Å². The van der Waals surface area contributed by atoms with Crippen LogP contribution in [-0.4, -0.2) is 11.1 Å². The van der Waals surface area contributed by atoms with Crippen LogP contribution >= 0.6 is 11.6 Å². The first-order chi connectivity index (χ1) is 9.16. The summed E-state index contributed by atoms with van der Waals surface area (Å²) >= 11 is 5.79. The van der Waals surface area contributed by atoms with Crippen LogP contribution in [0.15, 0.2) is 54.6 Å². The summed E-state index contributed by atoms with van der Waals surface area (Å²) in [5.74, 6) is -1.000. The van der Waals surface area contributed by atoms with Gasteiger partial charge in [0.1, 0.15) is 0 Å². The topological polar surface area (TPSA) is 46.5 Å². The Morgan fingerprint density at radius 3 is 2.32 bits per heavy atom. The second-order valence-electron chi connectivity index (χ2n) is 4.07. The first-order valence-corrected chi connectivity index (χ1v) is 6.18. The zero-order valence-electron chi connectivity index (χ0n) is 10.1. The summed E-state index contributed by atoms with van der Waals surface area (Å²) in [7, 11) is 0. The summed E-state index contributed by atoms with van der Waals surface area (Å²) < 4.78 is 5.47. The Labute approximate surface area is 116 Å². The van der Waals surface area contributed by atoms with Crippen LogP contribution in [0.4, 0.5) is 0 Å². The molecule has 0 aromatic heterocycles. The van der Waals surface area contributed by atoms with Gasteiger partial charge in [0, 0.05) is 5.02 Å². The quantitative estimate of drug-likeness (QED) is 0.906. The van der Waals surface area contributed by atoms with Crippen LogP contribution in [-0.2, 0) is 16.1 Å². The van der Waals surface area contributed by atoms with E-state index >= 15 is 0 Å². The molecule has 0 fully saturated rings. The number of aliphatic carboxylic acids is 1. The average Bonchev–Trinajstić information content (AvgIpc) is 2.42. The fourth-order valence-corrected chi connectivity index (χ4v) is 1.82. The van der Waals surface area contributed by atoms with E-state index in [1.165, 1.54) is 0 Å². The van der Waals surface area contributed by atoms with Crippen molar-refractivity contribution in [1.82, 2.24) is 0 Å². The lowest BCUT2D eigenvalue weighted by Crippen LogP contribution is -2.15. The minimum atomic E-state index is -1.000. The molecular formula is C15H13ClO3. The number of halogens is 1. The van der Waals surface area contributed by atoms with Crippen molar-refractivity contribution in [3.05, 3.63) is 70.7 Å². The Morgan fingerprint density at radius 2 is 1.74 bits per heavy atom. The van der Waals surface area contributed by atoms with E-state index < -0.39 is 12.1 Å². The lowest BCUT2D eigenvalue weighted by atomic mass is 10.1. The Morgan fingerprint density at radius 1 is 1.11 bits per heavy atom. The number of rotatable bonds is 5. The van der Waals surface area contributed by atoms with Gasteiger partial charge in [-0.3, -0.25) is 0 Å². The van der Waals surface area contributed by atoms with E-state index in [2.05, 4.69) is 0 Å². The van der Waals surface area contributed by atoms with Crippen molar-refractivity contribution in [2.45, 2.75) is 12.7 Å². The third-order valence-electron chi connectivity index (χ3n) is 2.66. The van der Waals surface area contributed by atoms with Gasteiger partial charge in [-0.2, -0.15) is 0 Å². The van der Waals surface area contributed by atoms with E-state index in [4.69, 9.17) is 16.3 Å². The van der Waals surface area contributed by atoms with Gasteiger partial charge in [-0.05, 0) is 23.3 Å². The molecule has 1 N–H and O–H groups in total. The maximum atomic E-state index is 11.2. The van der Waals surface area contributed by atoms with Gasteiger partial charge in [0.15, 0.2) is 6.10 Å². The van der Waals surface area contributed by atoms with Crippen LogP contribution in [0, 0.1) is 0 Å². The van der Waals surface area contributed by atoms with Crippen molar-refractivity contribution in [2.24, 2.45) is 0 Å². The molecule has 0 heterocycles. The minimum Gasteiger partial charge on any atom is -0.479 e. The number of carbonyl (C=O) groups is 1. The molecule has 0 saturated heterocycles. The molecule has 2 aromatic rings. The van der Waals surface area contributed by atoms with Gasteiger partial charge in [0.05, 0.1) is 6.61 Å². The first kappa shape index (κ1) is 13.6. The van der Waals surface area contributed by atoms with Crippen LogP contribution in [0.25, 0.3) is 0 Å². The highest BCUT2D eigenvalue weighted by Gasteiger charge is 2.20. The summed E-state index contributed by atoms with van der Waals surface area (Å²) in [4.78, 5) is 11.2. The molecule has 0 amide bonds. The highest BCUT2D eigenvalue weighted by atomic mass is 35.5. The van der Waals surface area contributed by atoms with Crippen molar-refractivity contribution in [2.75, 3.05) is 0 Å². The van der Waals surface area contributed by atoms with Crippen LogP contribution in [0.3, 0.4) is 0 Å². The molecule has 2 rings (SSSR count). The van der Waals surface area contributed by atoms with Crippen molar-refractivity contribution in [3.8, 4) is 0 Å². The van der Waals surface area contributed by atoms with E-state index in [1.54, 1.807) is 36.4 Å². The van der Waals surface area contributed by atoms with E-state index in [-0.39, 0.29) is 6.61 Å². The summed E-state index contributed by atoms with van der Waals surface area (Å²) in [5.41, 5.74) is 1.51. The fourth-order valence-electron chi connectivity index (χ4n) is 1.70. The molecule has 0 aliphatic rings. The predicted molar refractivity (Wildman–Crippen MR) is 73.1 cm³/mol. The summed E-state index contributed by atoms with van der Waals surface area (Å²) in [6.07, 6.45) is -0.961. The van der Waals surface area contributed by atoms with Gasteiger partial charge < -0.3 is 9.84 Å². The standard InChI is InChI=1S/C15H13ClO3/c16-13-8-6-11(7-9-13)10-19-14(15(17)18)12-4-2-1-3-5-12/h1-9,14H,10H2,(H,17,18)/t14-/m1/s1. The molecule has 4 heteroatoms. The van der Waals surface area contributed by atoms with Crippen molar-refractivity contribution >= 4 is 17.6 Å². The Bertz CT molecular complexity index is 537. The predicted octanol–water partition coefficient (Wildman–Crippen LogP) is 3.68. The molecule has 0 spiro atoms. The highest BCUT2D eigenvalue weighted by molar-refractivity contribution is 6.30. The molecule has 98 valence electrons. The molecule has 2 aromatic carbocycles. The van der Waals surface area contributed by atoms with Crippen molar-refractivity contribution in [3.63, 3.8) is 0 Å². The molecule has 0 bridgehead atoms. The second-order valence-corrected chi connectivity index (χ2v) is 4.50. The molecule has 0 aliphatic heterocycles. The molecule has 0 unspecified atom stereocenters. The molecule has 1 atom stereocenters. The van der Waals surface area contributed by atoms with Gasteiger partial charge >= 0.3 is 5.97 Å². The molecular weight excluding hydrogens is 264 g/mol. The summed E-state index contributed by atoms with van der Waals surface area (Å²) in [5, 5.41) is 9.84. The smallest absolute Gasteiger partial charge is 0.337 e. The zero-order chi connectivity index (χ0) is 13.7. The Kier molecular flexibility index (Phi) is 4.55. The second kappa shape index (κ2) is 6.36. The third-order valence-corrected chi connectivity index (χ3v) is 2.91.